The maximum absolute atomic E-state index is 10.6. The van der Waals surface area contributed by atoms with Crippen LogP contribution in [0.4, 0.5) is 0 Å². The van der Waals surface area contributed by atoms with Gasteiger partial charge in [-0.05, 0) is 24.5 Å². The Balaban J connectivity index is 2.28. The van der Waals surface area contributed by atoms with E-state index >= 15 is 0 Å². The number of nitroso groups, excluding NO2 is 1. The lowest BCUT2D eigenvalue weighted by Gasteiger charge is -2.16. The van der Waals surface area contributed by atoms with Crippen LogP contribution in [0.5, 0.6) is 0 Å². The van der Waals surface area contributed by atoms with Gasteiger partial charge in [0.15, 0.2) is 6.73 Å². The van der Waals surface area contributed by atoms with Gasteiger partial charge >= 0.3 is 5.97 Å². The van der Waals surface area contributed by atoms with Gasteiger partial charge in [-0.1, -0.05) is 6.07 Å². The maximum Gasteiger partial charge on any atom is 0.304 e. The van der Waals surface area contributed by atoms with Crippen molar-refractivity contribution < 1.29 is 14.6 Å². The molecule has 1 unspecified atom stereocenters. The van der Waals surface area contributed by atoms with Crippen molar-refractivity contribution in [1.29, 1.82) is 0 Å². The predicted octanol–water partition coefficient (Wildman–Crippen LogP) is 1.40. The van der Waals surface area contributed by atoms with E-state index in [1.807, 2.05) is 0 Å². The summed E-state index contributed by atoms with van der Waals surface area (Å²) in [6, 6.07) is 3.53. The second kappa shape index (κ2) is 8.15. The van der Waals surface area contributed by atoms with Gasteiger partial charge in [0.2, 0.25) is 0 Å². The normalized spacial score (nSPS) is 11.7. The van der Waals surface area contributed by atoms with Crippen molar-refractivity contribution in [3.8, 4) is 0 Å². The minimum Gasteiger partial charge on any atom is -0.443 e. The number of aliphatic hydroxyl groups excluding tert-OH is 1. The van der Waals surface area contributed by atoms with Crippen molar-refractivity contribution in [3.63, 3.8) is 0 Å². The van der Waals surface area contributed by atoms with E-state index in [2.05, 4.69) is 15.0 Å². The van der Waals surface area contributed by atoms with E-state index < -0.39 is 12.1 Å². The Morgan fingerprint density at radius 3 is 3.00 bits per heavy atom. The summed E-state index contributed by atoms with van der Waals surface area (Å²) >= 11 is 0. The molecule has 1 aromatic heterocycles. The zero-order chi connectivity index (χ0) is 14.1. The summed E-state index contributed by atoms with van der Waals surface area (Å²) in [6.45, 7) is 1.41. The largest absolute Gasteiger partial charge is 0.443 e. The van der Waals surface area contributed by atoms with Crippen LogP contribution in [-0.2, 0) is 9.53 Å². The molecule has 0 saturated heterocycles. The summed E-state index contributed by atoms with van der Waals surface area (Å²) in [5.74, 6) is -0.468. The Hall–Kier alpha value is -2.02. The van der Waals surface area contributed by atoms with Crippen LogP contribution < -0.4 is 0 Å². The third kappa shape index (κ3) is 5.91. The lowest BCUT2D eigenvalue weighted by atomic mass is 10.1. The van der Waals surface area contributed by atoms with E-state index in [0.717, 1.165) is 10.6 Å². The highest BCUT2D eigenvalue weighted by atomic mass is 16.5. The van der Waals surface area contributed by atoms with Gasteiger partial charge in [0.25, 0.3) is 0 Å². The van der Waals surface area contributed by atoms with Gasteiger partial charge in [-0.3, -0.25) is 9.78 Å². The van der Waals surface area contributed by atoms with Crippen LogP contribution in [0.2, 0.25) is 0 Å². The number of ether oxygens (including phenoxy) is 1. The van der Waals surface area contributed by atoms with Crippen LogP contribution in [0.15, 0.2) is 29.8 Å². The van der Waals surface area contributed by atoms with Crippen molar-refractivity contribution in [3.05, 3.63) is 35.0 Å². The molecule has 1 rings (SSSR count). The summed E-state index contributed by atoms with van der Waals surface area (Å²) in [6.07, 6.45) is 3.61. The second-order valence-corrected chi connectivity index (χ2v) is 4.02. The molecule has 7 heteroatoms. The molecular weight excluding hydrogens is 250 g/mol. The van der Waals surface area contributed by atoms with Crippen LogP contribution in [-0.4, -0.2) is 34.3 Å². The number of hydrogen-bond acceptors (Lipinski definition) is 6. The average molecular weight is 267 g/mol. The van der Waals surface area contributed by atoms with Crippen LogP contribution in [0.3, 0.4) is 0 Å². The van der Waals surface area contributed by atoms with Crippen molar-refractivity contribution >= 4 is 5.97 Å². The van der Waals surface area contributed by atoms with Gasteiger partial charge in [-0.25, -0.2) is 5.01 Å². The SMILES string of the molecule is CC(=O)OCN(CCCC(O)c1cccnc1)N=O. The first-order valence-corrected chi connectivity index (χ1v) is 5.93. The van der Waals surface area contributed by atoms with Gasteiger partial charge in [0, 0.05) is 25.9 Å². The third-order valence-corrected chi connectivity index (χ3v) is 2.50. The Morgan fingerprint density at radius 1 is 1.63 bits per heavy atom. The number of esters is 1. The number of carbonyl (C=O) groups is 1. The molecule has 0 bridgehead atoms. The molecular formula is C12H17N3O4. The Bertz CT molecular complexity index is 399. The van der Waals surface area contributed by atoms with Gasteiger partial charge in [-0.2, -0.15) is 0 Å². The molecule has 1 atom stereocenters. The first kappa shape index (κ1) is 15.0. The minimum absolute atomic E-state index is 0.165. The van der Waals surface area contributed by atoms with Crippen LogP contribution in [0.25, 0.3) is 0 Å². The molecule has 0 spiro atoms. The summed E-state index contributed by atoms with van der Waals surface area (Å²) in [5.41, 5.74) is 0.730. The highest BCUT2D eigenvalue weighted by Crippen LogP contribution is 2.16. The molecule has 1 N–H and O–H groups in total. The average Bonchev–Trinajstić information content (AvgIpc) is 2.43. The number of pyridine rings is 1. The predicted molar refractivity (Wildman–Crippen MR) is 67.6 cm³/mol. The lowest BCUT2D eigenvalue weighted by molar-refractivity contribution is -0.145. The lowest BCUT2D eigenvalue weighted by Crippen LogP contribution is -2.23. The first-order valence-electron chi connectivity index (χ1n) is 5.93. The van der Waals surface area contributed by atoms with Crippen molar-refractivity contribution in [1.82, 2.24) is 9.99 Å². The molecule has 7 nitrogen and oxygen atoms in total. The van der Waals surface area contributed by atoms with E-state index in [1.54, 1.807) is 24.5 Å². The third-order valence-electron chi connectivity index (χ3n) is 2.50. The summed E-state index contributed by atoms with van der Waals surface area (Å²) in [5, 5.41) is 13.7. The summed E-state index contributed by atoms with van der Waals surface area (Å²) < 4.78 is 4.66. The van der Waals surface area contributed by atoms with Crippen LogP contribution >= 0.6 is 0 Å². The van der Waals surface area contributed by atoms with Gasteiger partial charge in [-0.15, -0.1) is 4.91 Å². The topological polar surface area (TPSA) is 92.1 Å². The molecule has 1 aromatic rings. The number of hydrogen-bond donors (Lipinski definition) is 1. The van der Waals surface area contributed by atoms with E-state index in [4.69, 9.17) is 0 Å². The number of nitrogens with zero attached hydrogens (tertiary/aromatic N) is 3. The quantitative estimate of drug-likeness (QED) is 0.331. The van der Waals surface area contributed by atoms with Crippen molar-refractivity contribution in [2.75, 3.05) is 13.3 Å². The standard InChI is InChI=1S/C12H17N3O4/c1-10(16)19-9-15(14-18)7-3-5-12(17)11-4-2-6-13-8-11/h2,4,6,8,12,17H,3,5,7,9H2,1H3. The maximum atomic E-state index is 10.6. The Morgan fingerprint density at radius 2 is 2.42 bits per heavy atom. The fourth-order valence-electron chi connectivity index (χ4n) is 1.50. The number of aliphatic hydroxyl groups is 1. The molecule has 0 aromatic carbocycles. The van der Waals surface area contributed by atoms with Crippen LogP contribution in [0, 0.1) is 4.91 Å². The fourth-order valence-corrected chi connectivity index (χ4v) is 1.50. The molecule has 0 aliphatic rings. The molecule has 0 aliphatic heterocycles. The van der Waals surface area contributed by atoms with Crippen molar-refractivity contribution in [2.24, 2.45) is 5.29 Å². The molecule has 19 heavy (non-hydrogen) atoms. The molecule has 0 saturated carbocycles. The van der Waals surface area contributed by atoms with Crippen molar-refractivity contribution in [2.45, 2.75) is 25.9 Å². The van der Waals surface area contributed by atoms with Crippen LogP contribution in [0.1, 0.15) is 31.4 Å². The van der Waals surface area contributed by atoms with Gasteiger partial charge in [0.1, 0.15) is 0 Å². The zero-order valence-electron chi connectivity index (χ0n) is 10.7. The highest BCUT2D eigenvalue weighted by molar-refractivity contribution is 5.65. The smallest absolute Gasteiger partial charge is 0.304 e. The van der Waals surface area contributed by atoms with Gasteiger partial charge < -0.3 is 9.84 Å². The molecule has 1 heterocycles. The highest BCUT2D eigenvalue weighted by Gasteiger charge is 2.09. The monoisotopic (exact) mass is 267 g/mol. The number of rotatable bonds is 8. The zero-order valence-corrected chi connectivity index (χ0v) is 10.7. The molecule has 104 valence electrons. The summed E-state index contributed by atoms with van der Waals surface area (Å²) in [7, 11) is 0. The fraction of sp³-hybridized carbons (Fsp3) is 0.500. The first-order chi connectivity index (χ1) is 9.13. The molecule has 0 radical (unpaired) electrons. The second-order valence-electron chi connectivity index (χ2n) is 4.02. The molecule has 0 fully saturated rings. The Labute approximate surface area is 111 Å². The molecule has 0 amide bonds. The number of aromatic nitrogens is 1. The minimum atomic E-state index is -0.629. The van der Waals surface area contributed by atoms with E-state index in [9.17, 15) is 14.8 Å². The molecule has 0 aliphatic carbocycles. The van der Waals surface area contributed by atoms with E-state index in [-0.39, 0.29) is 6.73 Å². The Kier molecular flexibility index (Phi) is 6.45. The van der Waals surface area contributed by atoms with Gasteiger partial charge in [0.05, 0.1) is 11.4 Å². The number of carbonyl (C=O) groups excluding carboxylic acids is 1. The van der Waals surface area contributed by atoms with E-state index in [1.165, 1.54) is 6.92 Å². The van der Waals surface area contributed by atoms with E-state index in [0.29, 0.717) is 19.4 Å². The summed E-state index contributed by atoms with van der Waals surface area (Å²) in [4.78, 5) is 25.0.